The number of carboxylic acid groups (broad SMARTS) is 1. The molecule has 1 saturated carbocycles. The second-order valence-corrected chi connectivity index (χ2v) is 4.72. The van der Waals surface area contributed by atoms with E-state index < -0.39 is 10.9 Å². The van der Waals surface area contributed by atoms with Gasteiger partial charge in [-0.3, -0.25) is 9.36 Å². The monoisotopic (exact) mass is 268 g/mol. The number of aryl methyl sites for hydroxylation is 1. The van der Waals surface area contributed by atoms with Crippen LogP contribution in [0.2, 0.25) is 0 Å². The SMILES string of the molecule is Cn1cnc([N+](=O)[O-])c1N(CC(=O)O)C1CCCC1. The summed E-state index contributed by atoms with van der Waals surface area (Å²) in [6.07, 6.45) is 5.10. The molecule has 2 rings (SSSR count). The summed E-state index contributed by atoms with van der Waals surface area (Å²) in [6, 6.07) is 0.0326. The van der Waals surface area contributed by atoms with Crippen LogP contribution in [0.15, 0.2) is 6.33 Å². The minimum absolute atomic E-state index is 0.0326. The summed E-state index contributed by atoms with van der Waals surface area (Å²) in [5.41, 5.74) is 0. The third-order valence-electron chi connectivity index (χ3n) is 3.40. The zero-order valence-corrected chi connectivity index (χ0v) is 10.7. The quantitative estimate of drug-likeness (QED) is 0.635. The second-order valence-electron chi connectivity index (χ2n) is 4.72. The lowest BCUT2D eigenvalue weighted by molar-refractivity contribution is -0.388. The summed E-state index contributed by atoms with van der Waals surface area (Å²) in [5, 5.41) is 20.0. The first-order chi connectivity index (χ1) is 9.00. The lowest BCUT2D eigenvalue weighted by Gasteiger charge is -2.28. The first-order valence-corrected chi connectivity index (χ1v) is 6.15. The zero-order chi connectivity index (χ0) is 14.0. The van der Waals surface area contributed by atoms with Gasteiger partial charge in [-0.1, -0.05) is 12.8 Å². The number of imidazole rings is 1. The van der Waals surface area contributed by atoms with Crippen molar-refractivity contribution in [1.82, 2.24) is 9.55 Å². The highest BCUT2D eigenvalue weighted by molar-refractivity contribution is 5.75. The van der Waals surface area contributed by atoms with Gasteiger partial charge in [0.25, 0.3) is 0 Å². The molecule has 8 nitrogen and oxygen atoms in total. The zero-order valence-electron chi connectivity index (χ0n) is 10.7. The van der Waals surface area contributed by atoms with E-state index in [-0.39, 0.29) is 24.2 Å². The van der Waals surface area contributed by atoms with Crippen LogP contribution in [-0.2, 0) is 11.8 Å². The standard InChI is InChI=1S/C11H16N4O4/c1-13-7-12-10(15(18)19)11(13)14(6-9(16)17)8-4-2-3-5-8/h7-8H,2-6H2,1H3,(H,16,17). The Kier molecular flexibility index (Phi) is 3.68. The summed E-state index contributed by atoms with van der Waals surface area (Å²) in [4.78, 5) is 26.8. The highest BCUT2D eigenvalue weighted by Crippen LogP contribution is 2.32. The van der Waals surface area contributed by atoms with Crippen molar-refractivity contribution in [3.63, 3.8) is 0 Å². The van der Waals surface area contributed by atoms with Crippen LogP contribution in [0.3, 0.4) is 0 Å². The van der Waals surface area contributed by atoms with Crippen molar-refractivity contribution in [1.29, 1.82) is 0 Å². The van der Waals surface area contributed by atoms with E-state index in [9.17, 15) is 14.9 Å². The number of aromatic nitrogens is 2. The van der Waals surface area contributed by atoms with Crippen molar-refractivity contribution < 1.29 is 14.8 Å². The number of hydrogen-bond acceptors (Lipinski definition) is 5. The van der Waals surface area contributed by atoms with Gasteiger partial charge in [-0.15, -0.1) is 0 Å². The normalized spacial score (nSPS) is 15.6. The predicted molar refractivity (Wildman–Crippen MR) is 67.1 cm³/mol. The Morgan fingerprint density at radius 2 is 2.26 bits per heavy atom. The van der Waals surface area contributed by atoms with Gasteiger partial charge in [0.15, 0.2) is 0 Å². The molecule has 8 heteroatoms. The largest absolute Gasteiger partial charge is 0.480 e. The maximum absolute atomic E-state index is 11.0. The van der Waals surface area contributed by atoms with E-state index >= 15 is 0 Å². The molecule has 0 radical (unpaired) electrons. The van der Waals surface area contributed by atoms with E-state index in [0.29, 0.717) is 0 Å². The lowest BCUT2D eigenvalue weighted by atomic mass is 10.2. The third kappa shape index (κ3) is 2.67. The Hall–Kier alpha value is -2.12. The molecule has 0 bridgehead atoms. The van der Waals surface area contributed by atoms with Gasteiger partial charge in [0, 0.05) is 13.1 Å². The number of nitro groups is 1. The van der Waals surface area contributed by atoms with Crippen molar-refractivity contribution in [2.75, 3.05) is 11.4 Å². The van der Waals surface area contributed by atoms with E-state index in [1.807, 2.05) is 0 Å². The van der Waals surface area contributed by atoms with Crippen molar-refractivity contribution in [3.05, 3.63) is 16.4 Å². The van der Waals surface area contributed by atoms with Crippen LogP contribution in [0.4, 0.5) is 11.6 Å². The molecule has 19 heavy (non-hydrogen) atoms. The van der Waals surface area contributed by atoms with Crippen molar-refractivity contribution >= 4 is 17.6 Å². The molecule has 1 N–H and O–H groups in total. The van der Waals surface area contributed by atoms with Gasteiger partial charge in [0.2, 0.25) is 12.1 Å². The summed E-state index contributed by atoms with van der Waals surface area (Å²) in [5.74, 6) is -1.00. The number of nitrogens with zero attached hydrogens (tertiary/aromatic N) is 4. The van der Waals surface area contributed by atoms with E-state index in [4.69, 9.17) is 5.11 Å². The molecule has 0 saturated heterocycles. The first-order valence-electron chi connectivity index (χ1n) is 6.15. The maximum Gasteiger partial charge on any atom is 0.406 e. The summed E-state index contributed by atoms with van der Waals surface area (Å²) in [7, 11) is 1.64. The van der Waals surface area contributed by atoms with Crippen LogP contribution in [-0.4, -0.2) is 38.1 Å². The molecule has 1 aliphatic rings. The molecule has 1 aromatic rings. The molecular formula is C11H16N4O4. The fraction of sp³-hybridized carbons (Fsp3) is 0.636. The van der Waals surface area contributed by atoms with Gasteiger partial charge in [-0.2, -0.15) is 0 Å². The lowest BCUT2D eigenvalue weighted by Crippen LogP contribution is -2.39. The van der Waals surface area contributed by atoms with Crippen LogP contribution in [0.25, 0.3) is 0 Å². The molecule has 0 amide bonds. The first kappa shape index (κ1) is 13.3. The third-order valence-corrected chi connectivity index (χ3v) is 3.40. The minimum Gasteiger partial charge on any atom is -0.480 e. The Labute approximate surface area is 109 Å². The Balaban J connectivity index is 2.39. The molecule has 0 aliphatic heterocycles. The van der Waals surface area contributed by atoms with E-state index in [0.717, 1.165) is 25.7 Å². The number of anilines is 1. The van der Waals surface area contributed by atoms with Gasteiger partial charge >= 0.3 is 11.8 Å². The average molecular weight is 268 g/mol. The maximum atomic E-state index is 11.0. The molecule has 1 aliphatic carbocycles. The number of carbonyl (C=O) groups is 1. The van der Waals surface area contributed by atoms with Crippen molar-refractivity contribution in [2.24, 2.45) is 7.05 Å². The van der Waals surface area contributed by atoms with Gasteiger partial charge in [-0.05, 0) is 22.7 Å². The Bertz CT molecular complexity index is 493. The van der Waals surface area contributed by atoms with Gasteiger partial charge in [0.05, 0.1) is 0 Å². The fourth-order valence-corrected chi connectivity index (χ4v) is 2.61. The van der Waals surface area contributed by atoms with Crippen molar-refractivity contribution in [3.8, 4) is 0 Å². The van der Waals surface area contributed by atoms with E-state index in [2.05, 4.69) is 4.98 Å². The fourth-order valence-electron chi connectivity index (χ4n) is 2.61. The molecule has 1 aromatic heterocycles. The highest BCUT2D eigenvalue weighted by Gasteiger charge is 2.33. The van der Waals surface area contributed by atoms with E-state index in [1.165, 1.54) is 10.9 Å². The van der Waals surface area contributed by atoms with Gasteiger partial charge in [-0.25, -0.2) is 0 Å². The van der Waals surface area contributed by atoms with Crippen LogP contribution < -0.4 is 4.90 Å². The van der Waals surface area contributed by atoms with Crippen LogP contribution >= 0.6 is 0 Å². The van der Waals surface area contributed by atoms with Crippen molar-refractivity contribution in [2.45, 2.75) is 31.7 Å². The summed E-state index contributed by atoms with van der Waals surface area (Å²) < 4.78 is 1.51. The summed E-state index contributed by atoms with van der Waals surface area (Å²) >= 11 is 0. The van der Waals surface area contributed by atoms with E-state index in [1.54, 1.807) is 11.9 Å². The topological polar surface area (TPSA) is 101 Å². The molecule has 1 fully saturated rings. The number of carboxylic acids is 1. The molecule has 0 spiro atoms. The molecule has 0 unspecified atom stereocenters. The smallest absolute Gasteiger partial charge is 0.406 e. The van der Waals surface area contributed by atoms with Crippen LogP contribution in [0.1, 0.15) is 25.7 Å². The van der Waals surface area contributed by atoms with Crippen LogP contribution in [0.5, 0.6) is 0 Å². The van der Waals surface area contributed by atoms with Gasteiger partial charge < -0.3 is 20.1 Å². The Morgan fingerprint density at radius 1 is 1.63 bits per heavy atom. The molecule has 0 aromatic carbocycles. The molecule has 0 atom stereocenters. The average Bonchev–Trinajstić information content (AvgIpc) is 2.94. The molecule has 104 valence electrons. The van der Waals surface area contributed by atoms with Gasteiger partial charge in [0.1, 0.15) is 6.54 Å². The number of rotatable bonds is 5. The second kappa shape index (κ2) is 5.25. The minimum atomic E-state index is -0.998. The predicted octanol–water partition coefficient (Wildman–Crippen LogP) is 1.16. The number of hydrogen-bond donors (Lipinski definition) is 1. The summed E-state index contributed by atoms with van der Waals surface area (Å²) in [6.45, 7) is -0.245. The molecular weight excluding hydrogens is 252 g/mol. The number of aliphatic carboxylic acids is 1. The molecule has 1 heterocycles. The van der Waals surface area contributed by atoms with Crippen LogP contribution in [0, 0.1) is 10.1 Å². The Morgan fingerprint density at radius 3 is 2.79 bits per heavy atom. The highest BCUT2D eigenvalue weighted by atomic mass is 16.6.